The predicted molar refractivity (Wildman–Crippen MR) is 87.6 cm³/mol. The predicted octanol–water partition coefficient (Wildman–Crippen LogP) is -0.143. The summed E-state index contributed by atoms with van der Waals surface area (Å²) in [5.74, 6) is -0.748. The highest BCUT2D eigenvalue weighted by Gasteiger charge is 2.39. The lowest BCUT2D eigenvalue weighted by atomic mass is 10.0. The third kappa shape index (κ3) is 2.54. The Morgan fingerprint density at radius 1 is 1.08 bits per heavy atom. The highest BCUT2D eigenvalue weighted by Crippen LogP contribution is 2.30. The molecule has 0 bridgehead atoms. The lowest BCUT2D eigenvalue weighted by Crippen LogP contribution is -2.52. The van der Waals surface area contributed by atoms with Crippen molar-refractivity contribution >= 4 is 23.4 Å². The molecule has 3 aliphatic rings. The van der Waals surface area contributed by atoms with Crippen molar-refractivity contribution in [1.29, 1.82) is 0 Å². The number of carbonyl (C=O) groups is 3. The number of piperidine rings is 1. The Bertz CT molecular complexity index is 712. The summed E-state index contributed by atoms with van der Waals surface area (Å²) >= 11 is 0. The molecule has 126 valence electrons. The van der Waals surface area contributed by atoms with E-state index in [2.05, 4.69) is 21.6 Å². The number of carbonyl (C=O) groups excluding carboxylic acids is 3. The van der Waals surface area contributed by atoms with E-state index in [1.54, 1.807) is 4.90 Å². The van der Waals surface area contributed by atoms with Crippen LogP contribution in [0, 0.1) is 0 Å². The van der Waals surface area contributed by atoms with Gasteiger partial charge in [-0.1, -0.05) is 0 Å². The molecule has 3 aliphatic heterocycles. The van der Waals surface area contributed by atoms with Crippen LogP contribution in [0.3, 0.4) is 0 Å². The van der Waals surface area contributed by atoms with Crippen LogP contribution >= 0.6 is 0 Å². The summed E-state index contributed by atoms with van der Waals surface area (Å²) < 4.78 is 0. The van der Waals surface area contributed by atoms with Crippen LogP contribution in [-0.4, -0.2) is 54.8 Å². The smallest absolute Gasteiger partial charge is 0.255 e. The molecule has 3 heterocycles. The summed E-state index contributed by atoms with van der Waals surface area (Å²) in [7, 11) is 0. The van der Waals surface area contributed by atoms with Gasteiger partial charge in [0.2, 0.25) is 11.8 Å². The van der Waals surface area contributed by atoms with E-state index in [0.29, 0.717) is 18.5 Å². The summed E-state index contributed by atoms with van der Waals surface area (Å²) in [6.45, 7) is 4.24. The fourth-order valence-electron chi connectivity index (χ4n) is 3.68. The van der Waals surface area contributed by atoms with Gasteiger partial charge in [-0.25, -0.2) is 0 Å². The lowest BCUT2D eigenvalue weighted by Gasteiger charge is -2.30. The third-order valence-corrected chi connectivity index (χ3v) is 4.99. The van der Waals surface area contributed by atoms with E-state index >= 15 is 0 Å². The molecule has 0 radical (unpaired) electrons. The number of rotatable bonds is 2. The van der Waals surface area contributed by atoms with E-state index < -0.39 is 6.04 Å². The number of nitrogens with one attached hydrogen (secondary N) is 2. The average Bonchev–Trinajstić information content (AvgIpc) is 2.92. The van der Waals surface area contributed by atoms with Crippen molar-refractivity contribution in [3.8, 4) is 0 Å². The molecular formula is C17H20N4O3. The monoisotopic (exact) mass is 328 g/mol. The van der Waals surface area contributed by atoms with Gasteiger partial charge in [-0.3, -0.25) is 19.7 Å². The van der Waals surface area contributed by atoms with E-state index in [1.165, 1.54) is 0 Å². The molecule has 1 aromatic rings. The van der Waals surface area contributed by atoms with Crippen molar-refractivity contribution in [2.75, 3.05) is 31.1 Å². The molecule has 2 fully saturated rings. The Balaban J connectivity index is 1.55. The minimum absolute atomic E-state index is 0.119. The first-order chi connectivity index (χ1) is 11.6. The maximum Gasteiger partial charge on any atom is 0.255 e. The number of fused-ring (bicyclic) bond motifs is 1. The van der Waals surface area contributed by atoms with Gasteiger partial charge in [0.15, 0.2) is 0 Å². The lowest BCUT2D eigenvalue weighted by molar-refractivity contribution is -0.136. The molecule has 0 aromatic heterocycles. The van der Waals surface area contributed by atoms with Gasteiger partial charge in [-0.2, -0.15) is 0 Å². The van der Waals surface area contributed by atoms with Crippen LogP contribution in [0.1, 0.15) is 28.8 Å². The molecule has 3 amide bonds. The average molecular weight is 328 g/mol. The zero-order chi connectivity index (χ0) is 16.7. The number of benzene rings is 1. The fourth-order valence-corrected chi connectivity index (χ4v) is 3.68. The summed E-state index contributed by atoms with van der Waals surface area (Å²) in [6.07, 6.45) is 0.678. The van der Waals surface area contributed by atoms with Gasteiger partial charge >= 0.3 is 0 Å². The number of hydrogen-bond acceptors (Lipinski definition) is 5. The van der Waals surface area contributed by atoms with Crippen molar-refractivity contribution < 1.29 is 14.4 Å². The maximum absolute atomic E-state index is 12.6. The number of imide groups is 1. The van der Waals surface area contributed by atoms with Crippen molar-refractivity contribution in [3.63, 3.8) is 0 Å². The van der Waals surface area contributed by atoms with Gasteiger partial charge in [0, 0.05) is 50.4 Å². The summed E-state index contributed by atoms with van der Waals surface area (Å²) in [5, 5.41) is 5.66. The first-order valence-electron chi connectivity index (χ1n) is 8.37. The fraction of sp³-hybridized carbons (Fsp3) is 0.471. The standard InChI is InChI=1S/C17H20N4O3/c22-15-4-3-14(16(23)19-15)21-10-11-9-12(1-2-13(11)17(21)24)20-7-5-18-6-8-20/h1-2,9,14,18H,3-8,10H2,(H,19,22,23). The van der Waals surface area contributed by atoms with Crippen LogP contribution in [0.2, 0.25) is 0 Å². The molecule has 0 spiro atoms. The van der Waals surface area contributed by atoms with Gasteiger partial charge in [-0.05, 0) is 30.2 Å². The minimum Gasteiger partial charge on any atom is -0.369 e. The molecule has 4 rings (SSSR count). The maximum atomic E-state index is 12.6. The molecule has 1 unspecified atom stereocenters. The molecule has 1 atom stereocenters. The SMILES string of the molecule is O=C1CCC(N2Cc3cc(N4CCNCC4)ccc3C2=O)C(=O)N1. The Hall–Kier alpha value is -2.41. The zero-order valence-electron chi connectivity index (χ0n) is 13.4. The first kappa shape index (κ1) is 15.1. The van der Waals surface area contributed by atoms with E-state index in [0.717, 1.165) is 37.4 Å². The van der Waals surface area contributed by atoms with Crippen LogP contribution in [0.25, 0.3) is 0 Å². The topological polar surface area (TPSA) is 81.8 Å². The van der Waals surface area contributed by atoms with Crippen LogP contribution in [0.15, 0.2) is 18.2 Å². The number of nitrogens with zero attached hydrogens (tertiary/aromatic N) is 2. The van der Waals surface area contributed by atoms with Crippen LogP contribution < -0.4 is 15.5 Å². The molecule has 2 saturated heterocycles. The van der Waals surface area contributed by atoms with Crippen LogP contribution in [0.4, 0.5) is 5.69 Å². The molecule has 0 aliphatic carbocycles. The molecule has 1 aromatic carbocycles. The third-order valence-electron chi connectivity index (χ3n) is 4.99. The van der Waals surface area contributed by atoms with E-state index in [4.69, 9.17) is 0 Å². The Morgan fingerprint density at radius 2 is 1.88 bits per heavy atom. The van der Waals surface area contributed by atoms with Gasteiger partial charge in [0.1, 0.15) is 6.04 Å². The van der Waals surface area contributed by atoms with Crippen molar-refractivity contribution in [1.82, 2.24) is 15.5 Å². The van der Waals surface area contributed by atoms with Gasteiger partial charge in [0.05, 0.1) is 0 Å². The molecule has 7 nitrogen and oxygen atoms in total. The van der Waals surface area contributed by atoms with Gasteiger partial charge < -0.3 is 15.1 Å². The number of hydrogen-bond donors (Lipinski definition) is 2. The Kier molecular flexibility index (Phi) is 3.72. The molecule has 7 heteroatoms. The summed E-state index contributed by atoms with van der Waals surface area (Å²) in [6, 6.07) is 5.35. The summed E-state index contributed by atoms with van der Waals surface area (Å²) in [4.78, 5) is 39.9. The highest BCUT2D eigenvalue weighted by atomic mass is 16.2. The summed E-state index contributed by atoms with van der Waals surface area (Å²) in [5.41, 5.74) is 2.74. The van der Waals surface area contributed by atoms with Gasteiger partial charge in [0.25, 0.3) is 5.91 Å². The normalized spacial score (nSPS) is 24.2. The second-order valence-corrected chi connectivity index (χ2v) is 6.48. The van der Waals surface area contributed by atoms with Crippen molar-refractivity contribution in [2.24, 2.45) is 0 Å². The largest absolute Gasteiger partial charge is 0.369 e. The quantitative estimate of drug-likeness (QED) is 0.739. The first-order valence-corrected chi connectivity index (χ1v) is 8.37. The molecule has 24 heavy (non-hydrogen) atoms. The van der Waals surface area contributed by atoms with Crippen LogP contribution in [-0.2, 0) is 16.1 Å². The minimum atomic E-state index is -0.551. The van der Waals surface area contributed by atoms with Crippen molar-refractivity contribution in [3.05, 3.63) is 29.3 Å². The number of piperazine rings is 1. The van der Waals surface area contributed by atoms with Crippen molar-refractivity contribution in [2.45, 2.75) is 25.4 Å². The number of amides is 3. The van der Waals surface area contributed by atoms with E-state index in [-0.39, 0.29) is 24.1 Å². The van der Waals surface area contributed by atoms with Crippen LogP contribution in [0.5, 0.6) is 0 Å². The zero-order valence-corrected chi connectivity index (χ0v) is 13.4. The second-order valence-electron chi connectivity index (χ2n) is 6.48. The second kappa shape index (κ2) is 5.90. The Morgan fingerprint density at radius 3 is 2.62 bits per heavy atom. The van der Waals surface area contributed by atoms with Gasteiger partial charge in [-0.15, -0.1) is 0 Å². The molecular weight excluding hydrogens is 308 g/mol. The molecule has 0 saturated carbocycles. The highest BCUT2D eigenvalue weighted by molar-refractivity contribution is 6.05. The van der Waals surface area contributed by atoms with E-state index in [1.807, 2.05) is 12.1 Å². The van der Waals surface area contributed by atoms with E-state index in [9.17, 15) is 14.4 Å². The molecule has 2 N–H and O–H groups in total. The Labute approximate surface area is 140 Å². The number of anilines is 1.